The number of halogens is 2. The van der Waals surface area contributed by atoms with Crippen LogP contribution in [0.3, 0.4) is 0 Å². The van der Waals surface area contributed by atoms with E-state index in [2.05, 4.69) is 5.32 Å². The number of amides is 2. The molecule has 4 nitrogen and oxygen atoms in total. The Morgan fingerprint density at radius 3 is 2.45 bits per heavy atom. The van der Waals surface area contributed by atoms with E-state index in [0.29, 0.717) is 6.42 Å². The molecule has 118 valence electrons. The van der Waals surface area contributed by atoms with Crippen molar-refractivity contribution in [2.75, 3.05) is 18.4 Å². The molecule has 0 spiro atoms. The fraction of sp³-hybridized carbons (Fsp3) is 0.500. The van der Waals surface area contributed by atoms with Crippen molar-refractivity contribution in [3.05, 3.63) is 29.8 Å². The van der Waals surface area contributed by atoms with Crippen molar-refractivity contribution >= 4 is 17.5 Å². The zero-order valence-corrected chi connectivity index (χ0v) is 12.1. The van der Waals surface area contributed by atoms with Crippen LogP contribution in [0.5, 0.6) is 0 Å². The van der Waals surface area contributed by atoms with Crippen molar-refractivity contribution in [1.82, 2.24) is 4.90 Å². The number of anilines is 1. The first-order valence-electron chi connectivity index (χ1n) is 7.61. The zero-order valence-electron chi connectivity index (χ0n) is 12.1. The summed E-state index contributed by atoms with van der Waals surface area (Å²) in [6, 6.07) is 3.21. The Morgan fingerprint density at radius 2 is 1.77 bits per heavy atom. The first-order chi connectivity index (χ1) is 10.6. The van der Waals surface area contributed by atoms with Crippen LogP contribution in [-0.2, 0) is 9.59 Å². The molecule has 2 fully saturated rings. The molecule has 0 aromatic heterocycles. The quantitative estimate of drug-likeness (QED) is 0.933. The van der Waals surface area contributed by atoms with Gasteiger partial charge in [0, 0.05) is 24.8 Å². The Bertz CT molecular complexity index is 600. The highest BCUT2D eigenvalue weighted by molar-refractivity contribution is 5.99. The minimum absolute atomic E-state index is 0.0464. The third-order valence-corrected chi connectivity index (χ3v) is 4.30. The molecule has 2 aliphatic rings. The van der Waals surface area contributed by atoms with Crippen LogP contribution < -0.4 is 5.32 Å². The first kappa shape index (κ1) is 14.9. The largest absolute Gasteiger partial charge is 0.342 e. The van der Waals surface area contributed by atoms with Crippen LogP contribution >= 0.6 is 0 Å². The van der Waals surface area contributed by atoms with Crippen molar-refractivity contribution in [2.45, 2.75) is 25.7 Å². The Morgan fingerprint density at radius 1 is 1.05 bits per heavy atom. The third kappa shape index (κ3) is 3.10. The molecule has 1 aliphatic heterocycles. The van der Waals surface area contributed by atoms with Crippen LogP contribution in [0.4, 0.5) is 14.5 Å². The lowest BCUT2D eigenvalue weighted by molar-refractivity contribution is -0.134. The van der Waals surface area contributed by atoms with Gasteiger partial charge in [-0.15, -0.1) is 0 Å². The number of rotatable bonds is 3. The van der Waals surface area contributed by atoms with Gasteiger partial charge in [-0.25, -0.2) is 8.78 Å². The third-order valence-electron chi connectivity index (χ3n) is 4.30. The van der Waals surface area contributed by atoms with E-state index >= 15 is 0 Å². The molecule has 1 heterocycles. The second-order valence-electron chi connectivity index (χ2n) is 5.95. The lowest BCUT2D eigenvalue weighted by Gasteiger charge is -2.26. The Balaban J connectivity index is 1.55. The van der Waals surface area contributed by atoms with E-state index in [4.69, 9.17) is 0 Å². The summed E-state index contributed by atoms with van der Waals surface area (Å²) in [6.45, 7) is 1.54. The second kappa shape index (κ2) is 6.02. The maximum absolute atomic E-state index is 13.1. The van der Waals surface area contributed by atoms with Gasteiger partial charge in [-0.1, -0.05) is 0 Å². The molecule has 1 aromatic rings. The molecule has 1 saturated heterocycles. The monoisotopic (exact) mass is 308 g/mol. The van der Waals surface area contributed by atoms with E-state index in [9.17, 15) is 18.4 Å². The lowest BCUT2D eigenvalue weighted by atomic mass is 10.1. The van der Waals surface area contributed by atoms with Crippen molar-refractivity contribution in [3.8, 4) is 0 Å². The van der Waals surface area contributed by atoms with Gasteiger partial charge in [0.1, 0.15) is 0 Å². The smallest absolute Gasteiger partial charge is 0.228 e. The van der Waals surface area contributed by atoms with Gasteiger partial charge in [0.15, 0.2) is 11.6 Å². The van der Waals surface area contributed by atoms with Gasteiger partial charge in [-0.3, -0.25) is 9.59 Å². The summed E-state index contributed by atoms with van der Waals surface area (Å²) in [5, 5.41) is 2.54. The van der Waals surface area contributed by atoms with Crippen molar-refractivity contribution in [3.63, 3.8) is 0 Å². The molecule has 2 amide bonds. The van der Waals surface area contributed by atoms with Gasteiger partial charge in [0.2, 0.25) is 11.8 Å². The molecule has 6 heteroatoms. The second-order valence-corrected chi connectivity index (χ2v) is 5.95. The average molecular weight is 308 g/mol. The fourth-order valence-corrected chi connectivity index (χ4v) is 2.92. The average Bonchev–Trinajstić information content (AvgIpc) is 3.32. The zero-order chi connectivity index (χ0) is 15.7. The van der Waals surface area contributed by atoms with E-state index < -0.39 is 11.6 Å². The molecule has 1 N–H and O–H groups in total. The van der Waals surface area contributed by atoms with Gasteiger partial charge >= 0.3 is 0 Å². The van der Waals surface area contributed by atoms with Crippen LogP contribution in [0.15, 0.2) is 18.2 Å². The van der Waals surface area contributed by atoms with E-state index in [1.54, 1.807) is 0 Å². The number of hydrogen-bond acceptors (Lipinski definition) is 2. The van der Waals surface area contributed by atoms with Crippen molar-refractivity contribution < 1.29 is 18.4 Å². The number of hydrogen-bond donors (Lipinski definition) is 1. The standard InChI is InChI=1S/C16H18F2N2O2/c17-13-5-4-10(8-14(13)18)19-15(21)11-9-12(11)16(22)20-6-2-1-3-7-20/h4-5,8,11-12H,1-3,6-7,9H2,(H,19,21). The topological polar surface area (TPSA) is 49.4 Å². The number of carbonyl (C=O) groups is 2. The molecule has 2 atom stereocenters. The molecular weight excluding hydrogens is 290 g/mol. The summed E-state index contributed by atoms with van der Waals surface area (Å²) >= 11 is 0. The summed E-state index contributed by atoms with van der Waals surface area (Å²) in [6.07, 6.45) is 3.72. The summed E-state index contributed by atoms with van der Waals surface area (Å²) in [5.74, 6) is -2.84. The number of piperidine rings is 1. The number of carbonyl (C=O) groups excluding carboxylic acids is 2. The fourth-order valence-electron chi connectivity index (χ4n) is 2.92. The Kier molecular flexibility index (Phi) is 4.09. The molecular formula is C16H18F2N2O2. The Hall–Kier alpha value is -1.98. The van der Waals surface area contributed by atoms with Gasteiger partial charge in [0.25, 0.3) is 0 Å². The predicted octanol–water partition coefficient (Wildman–Crippen LogP) is 2.55. The Labute approximate surface area is 127 Å². The normalized spacial score (nSPS) is 24.0. The van der Waals surface area contributed by atoms with E-state index in [-0.39, 0.29) is 29.3 Å². The van der Waals surface area contributed by atoms with Crippen LogP contribution in [-0.4, -0.2) is 29.8 Å². The van der Waals surface area contributed by atoms with Gasteiger partial charge in [-0.05, 0) is 37.8 Å². The van der Waals surface area contributed by atoms with E-state index in [1.807, 2.05) is 4.90 Å². The number of likely N-dealkylation sites (tertiary alicyclic amines) is 1. The van der Waals surface area contributed by atoms with Crippen LogP contribution in [0.1, 0.15) is 25.7 Å². The highest BCUT2D eigenvalue weighted by atomic mass is 19.2. The first-order valence-corrected chi connectivity index (χ1v) is 7.61. The molecule has 1 aliphatic carbocycles. The summed E-state index contributed by atoms with van der Waals surface area (Å²) in [7, 11) is 0. The van der Waals surface area contributed by atoms with Crippen LogP contribution in [0, 0.1) is 23.5 Å². The molecule has 0 bridgehead atoms. The predicted molar refractivity (Wildman–Crippen MR) is 77.0 cm³/mol. The molecule has 1 saturated carbocycles. The number of benzene rings is 1. The van der Waals surface area contributed by atoms with Crippen molar-refractivity contribution in [2.24, 2.45) is 11.8 Å². The molecule has 2 unspecified atom stereocenters. The van der Waals surface area contributed by atoms with Gasteiger partial charge in [0.05, 0.1) is 11.8 Å². The van der Waals surface area contributed by atoms with Gasteiger partial charge < -0.3 is 10.2 Å². The van der Waals surface area contributed by atoms with Crippen LogP contribution in [0.25, 0.3) is 0 Å². The number of nitrogens with one attached hydrogen (secondary N) is 1. The lowest BCUT2D eigenvalue weighted by Crippen LogP contribution is -2.37. The highest BCUT2D eigenvalue weighted by Gasteiger charge is 2.49. The molecule has 3 rings (SSSR count). The van der Waals surface area contributed by atoms with Crippen molar-refractivity contribution in [1.29, 1.82) is 0 Å². The maximum Gasteiger partial charge on any atom is 0.228 e. The maximum atomic E-state index is 13.1. The minimum atomic E-state index is -1.01. The molecule has 22 heavy (non-hydrogen) atoms. The SMILES string of the molecule is O=C(Nc1ccc(F)c(F)c1)C1CC1C(=O)N1CCCCC1. The number of nitrogens with zero attached hydrogens (tertiary/aromatic N) is 1. The van der Waals surface area contributed by atoms with Crippen LogP contribution in [0.2, 0.25) is 0 Å². The molecule has 0 radical (unpaired) electrons. The summed E-state index contributed by atoms with van der Waals surface area (Å²) < 4.78 is 25.9. The minimum Gasteiger partial charge on any atom is -0.342 e. The summed E-state index contributed by atoms with van der Waals surface area (Å²) in [4.78, 5) is 26.2. The highest BCUT2D eigenvalue weighted by Crippen LogP contribution is 2.41. The summed E-state index contributed by atoms with van der Waals surface area (Å²) in [5.41, 5.74) is 0.208. The van der Waals surface area contributed by atoms with E-state index in [0.717, 1.165) is 44.5 Å². The van der Waals surface area contributed by atoms with E-state index in [1.165, 1.54) is 6.07 Å². The molecule has 1 aromatic carbocycles. The van der Waals surface area contributed by atoms with Gasteiger partial charge in [-0.2, -0.15) is 0 Å².